The number of aryl methyl sites for hydroxylation is 2. The van der Waals surface area contributed by atoms with Crippen LogP contribution in [-0.4, -0.2) is 17.4 Å². The summed E-state index contributed by atoms with van der Waals surface area (Å²) >= 11 is 0. The van der Waals surface area contributed by atoms with E-state index in [-0.39, 0.29) is 12.5 Å². The standard InChI is InChI=1S/C16H19N3O2/c1-11-5-3-6-12(2)15(11)21-16-13(7-4-8-18-16)10-19-14(20)9-17/h3-8H,9-10,17H2,1-2H3,(H,19,20). The lowest BCUT2D eigenvalue weighted by molar-refractivity contribution is -0.119. The molecule has 0 unspecified atom stereocenters. The van der Waals surface area contributed by atoms with Gasteiger partial charge < -0.3 is 15.8 Å². The van der Waals surface area contributed by atoms with E-state index in [0.29, 0.717) is 12.4 Å². The Morgan fingerprint density at radius 3 is 2.62 bits per heavy atom. The van der Waals surface area contributed by atoms with E-state index < -0.39 is 0 Å². The third-order valence-electron chi connectivity index (χ3n) is 3.12. The molecule has 1 aromatic heterocycles. The molecule has 0 aliphatic rings. The monoisotopic (exact) mass is 285 g/mol. The van der Waals surface area contributed by atoms with Crippen molar-refractivity contribution in [3.05, 3.63) is 53.2 Å². The van der Waals surface area contributed by atoms with Gasteiger partial charge in [0.05, 0.1) is 6.54 Å². The molecule has 0 radical (unpaired) electrons. The molecule has 3 N–H and O–H groups in total. The molecule has 1 heterocycles. The van der Waals surface area contributed by atoms with Crippen LogP contribution in [0.5, 0.6) is 11.6 Å². The summed E-state index contributed by atoms with van der Waals surface area (Å²) < 4.78 is 5.94. The first-order valence-electron chi connectivity index (χ1n) is 6.76. The number of carbonyl (C=O) groups is 1. The fourth-order valence-corrected chi connectivity index (χ4v) is 1.97. The first-order valence-corrected chi connectivity index (χ1v) is 6.76. The zero-order valence-corrected chi connectivity index (χ0v) is 12.2. The molecule has 5 nitrogen and oxygen atoms in total. The van der Waals surface area contributed by atoms with E-state index in [1.165, 1.54) is 0 Å². The Morgan fingerprint density at radius 2 is 1.95 bits per heavy atom. The average molecular weight is 285 g/mol. The van der Waals surface area contributed by atoms with Gasteiger partial charge in [-0.15, -0.1) is 0 Å². The summed E-state index contributed by atoms with van der Waals surface area (Å²) in [5.41, 5.74) is 8.16. The minimum atomic E-state index is -0.211. The highest BCUT2D eigenvalue weighted by Gasteiger charge is 2.10. The van der Waals surface area contributed by atoms with Gasteiger partial charge in [-0.1, -0.05) is 24.3 Å². The minimum absolute atomic E-state index is 0.0344. The second-order valence-corrected chi connectivity index (χ2v) is 4.77. The molecule has 110 valence electrons. The number of nitrogens with zero attached hydrogens (tertiary/aromatic N) is 1. The fourth-order valence-electron chi connectivity index (χ4n) is 1.97. The molecule has 5 heteroatoms. The third-order valence-corrected chi connectivity index (χ3v) is 3.12. The molecule has 1 aromatic carbocycles. The molecule has 0 spiro atoms. The number of hydrogen-bond donors (Lipinski definition) is 2. The molecular formula is C16H19N3O2. The van der Waals surface area contributed by atoms with Crippen molar-refractivity contribution in [3.8, 4) is 11.6 Å². The van der Waals surface area contributed by atoms with E-state index >= 15 is 0 Å². The number of carbonyl (C=O) groups excluding carboxylic acids is 1. The largest absolute Gasteiger partial charge is 0.438 e. The van der Waals surface area contributed by atoms with Crippen molar-refractivity contribution in [1.82, 2.24) is 10.3 Å². The van der Waals surface area contributed by atoms with E-state index in [1.54, 1.807) is 6.20 Å². The van der Waals surface area contributed by atoms with Crippen LogP contribution in [0.4, 0.5) is 0 Å². The predicted octanol–water partition coefficient (Wildman–Crippen LogP) is 2.07. The topological polar surface area (TPSA) is 77.2 Å². The fraction of sp³-hybridized carbons (Fsp3) is 0.250. The van der Waals surface area contributed by atoms with E-state index in [4.69, 9.17) is 10.5 Å². The van der Waals surface area contributed by atoms with Gasteiger partial charge >= 0.3 is 0 Å². The number of nitrogens with one attached hydrogen (secondary N) is 1. The van der Waals surface area contributed by atoms with Crippen molar-refractivity contribution in [1.29, 1.82) is 0 Å². The lowest BCUT2D eigenvalue weighted by Gasteiger charge is -2.14. The van der Waals surface area contributed by atoms with Gasteiger partial charge in [0.1, 0.15) is 5.75 Å². The van der Waals surface area contributed by atoms with Crippen LogP contribution in [-0.2, 0) is 11.3 Å². The van der Waals surface area contributed by atoms with Crippen LogP contribution in [0, 0.1) is 13.8 Å². The van der Waals surface area contributed by atoms with Crippen LogP contribution in [0.15, 0.2) is 36.5 Å². The molecule has 1 amide bonds. The van der Waals surface area contributed by atoms with Gasteiger partial charge in [-0.25, -0.2) is 4.98 Å². The number of amides is 1. The number of benzene rings is 1. The molecule has 2 aromatic rings. The summed E-state index contributed by atoms with van der Waals surface area (Å²) in [6, 6.07) is 9.63. The molecule has 0 aliphatic heterocycles. The predicted molar refractivity (Wildman–Crippen MR) is 81.1 cm³/mol. The van der Waals surface area contributed by atoms with Gasteiger partial charge in [-0.05, 0) is 31.0 Å². The third kappa shape index (κ3) is 3.79. The SMILES string of the molecule is Cc1cccc(C)c1Oc1ncccc1CNC(=O)CN. The smallest absolute Gasteiger partial charge is 0.234 e. The van der Waals surface area contributed by atoms with Crippen molar-refractivity contribution in [2.75, 3.05) is 6.54 Å². The molecule has 0 aliphatic carbocycles. The molecule has 0 bridgehead atoms. The maximum atomic E-state index is 11.3. The molecule has 0 atom stereocenters. The summed E-state index contributed by atoms with van der Waals surface area (Å²) in [4.78, 5) is 15.5. The second kappa shape index (κ2) is 6.85. The average Bonchev–Trinajstić information content (AvgIpc) is 2.49. The molecule has 2 rings (SSSR count). The first-order chi connectivity index (χ1) is 10.1. The van der Waals surface area contributed by atoms with Crippen LogP contribution >= 0.6 is 0 Å². The Kier molecular flexibility index (Phi) is 4.90. The van der Waals surface area contributed by atoms with E-state index in [9.17, 15) is 4.79 Å². The Balaban J connectivity index is 2.22. The van der Waals surface area contributed by atoms with Gasteiger partial charge in [-0.2, -0.15) is 0 Å². The van der Waals surface area contributed by atoms with Crippen molar-refractivity contribution in [2.45, 2.75) is 20.4 Å². The normalized spacial score (nSPS) is 10.2. The molecule has 0 saturated carbocycles. The van der Waals surface area contributed by atoms with Gasteiger partial charge in [0, 0.05) is 18.3 Å². The molecule has 0 saturated heterocycles. The van der Waals surface area contributed by atoms with Crippen LogP contribution in [0.2, 0.25) is 0 Å². The summed E-state index contributed by atoms with van der Waals surface area (Å²) in [7, 11) is 0. The van der Waals surface area contributed by atoms with Gasteiger partial charge in [0.2, 0.25) is 11.8 Å². The summed E-state index contributed by atoms with van der Waals surface area (Å²) in [6.07, 6.45) is 1.66. The van der Waals surface area contributed by atoms with Crippen molar-refractivity contribution < 1.29 is 9.53 Å². The zero-order chi connectivity index (χ0) is 15.2. The van der Waals surface area contributed by atoms with E-state index in [2.05, 4.69) is 10.3 Å². The number of ether oxygens (including phenoxy) is 1. The number of nitrogens with two attached hydrogens (primary N) is 1. The number of pyridine rings is 1. The van der Waals surface area contributed by atoms with E-state index in [0.717, 1.165) is 22.4 Å². The van der Waals surface area contributed by atoms with Gasteiger partial charge in [0.15, 0.2) is 0 Å². The highest BCUT2D eigenvalue weighted by atomic mass is 16.5. The van der Waals surface area contributed by atoms with E-state index in [1.807, 2.05) is 44.2 Å². The Hall–Kier alpha value is -2.40. The second-order valence-electron chi connectivity index (χ2n) is 4.77. The van der Waals surface area contributed by atoms with Crippen LogP contribution in [0.1, 0.15) is 16.7 Å². The maximum Gasteiger partial charge on any atom is 0.234 e. The van der Waals surface area contributed by atoms with Crippen LogP contribution < -0.4 is 15.8 Å². The molecule has 21 heavy (non-hydrogen) atoms. The highest BCUT2D eigenvalue weighted by molar-refractivity contribution is 5.77. The zero-order valence-electron chi connectivity index (χ0n) is 12.2. The molecular weight excluding hydrogens is 266 g/mol. The van der Waals surface area contributed by atoms with Crippen LogP contribution in [0.25, 0.3) is 0 Å². The van der Waals surface area contributed by atoms with Crippen molar-refractivity contribution in [2.24, 2.45) is 5.73 Å². The Labute approximate surface area is 124 Å². The number of hydrogen-bond acceptors (Lipinski definition) is 4. The maximum absolute atomic E-state index is 11.3. The van der Waals surface area contributed by atoms with Gasteiger partial charge in [0.25, 0.3) is 0 Å². The lowest BCUT2D eigenvalue weighted by atomic mass is 10.1. The molecule has 0 fully saturated rings. The number of para-hydroxylation sites is 1. The summed E-state index contributed by atoms with van der Waals surface area (Å²) in [5.74, 6) is 1.08. The van der Waals surface area contributed by atoms with Crippen molar-refractivity contribution >= 4 is 5.91 Å². The minimum Gasteiger partial charge on any atom is -0.438 e. The Bertz CT molecular complexity index is 621. The number of rotatable bonds is 5. The quantitative estimate of drug-likeness (QED) is 0.881. The van der Waals surface area contributed by atoms with Crippen molar-refractivity contribution in [3.63, 3.8) is 0 Å². The number of aromatic nitrogens is 1. The van der Waals surface area contributed by atoms with Gasteiger partial charge in [-0.3, -0.25) is 4.79 Å². The van der Waals surface area contributed by atoms with Crippen LogP contribution in [0.3, 0.4) is 0 Å². The highest BCUT2D eigenvalue weighted by Crippen LogP contribution is 2.29. The summed E-state index contributed by atoms with van der Waals surface area (Å²) in [5, 5.41) is 2.72. The Morgan fingerprint density at radius 1 is 1.24 bits per heavy atom. The summed E-state index contributed by atoms with van der Waals surface area (Å²) in [6.45, 7) is 4.28. The first kappa shape index (κ1) is 15.0. The lowest BCUT2D eigenvalue weighted by Crippen LogP contribution is -2.29.